The summed E-state index contributed by atoms with van der Waals surface area (Å²) in [4.78, 5) is 12.5. The molecule has 0 bridgehead atoms. The van der Waals surface area contributed by atoms with Crippen LogP contribution in [0.2, 0.25) is 0 Å². The molecule has 0 saturated heterocycles. The Hall–Kier alpha value is -2.54. The molecule has 1 aliphatic rings. The number of benzene rings is 2. The van der Waals surface area contributed by atoms with Crippen molar-refractivity contribution in [3.8, 4) is 5.75 Å². The lowest BCUT2D eigenvalue weighted by atomic mass is 10.0. The summed E-state index contributed by atoms with van der Waals surface area (Å²) in [6.07, 6.45) is 1.45. The Labute approximate surface area is 137 Å². The van der Waals surface area contributed by atoms with Gasteiger partial charge in [0.25, 0.3) is 0 Å². The van der Waals surface area contributed by atoms with Gasteiger partial charge in [0.05, 0.1) is 10.6 Å². The van der Waals surface area contributed by atoms with Crippen LogP contribution in [0.15, 0.2) is 59.0 Å². The van der Waals surface area contributed by atoms with E-state index in [1.807, 2.05) is 0 Å². The highest BCUT2D eigenvalue weighted by molar-refractivity contribution is 7.91. The smallest absolute Gasteiger partial charge is 0.387 e. The monoisotopic (exact) mass is 350 g/mol. The molecule has 0 radical (unpaired) electrons. The van der Waals surface area contributed by atoms with E-state index in [-0.39, 0.29) is 27.6 Å². The summed E-state index contributed by atoms with van der Waals surface area (Å²) in [5, 5.41) is 0. The van der Waals surface area contributed by atoms with Gasteiger partial charge in [-0.25, -0.2) is 8.42 Å². The maximum atomic E-state index is 12.5. The number of rotatable bonds is 3. The number of hydrogen-bond acceptors (Lipinski definition) is 4. The van der Waals surface area contributed by atoms with Gasteiger partial charge in [0.2, 0.25) is 0 Å². The highest BCUT2D eigenvalue weighted by Gasteiger charge is 2.32. The van der Waals surface area contributed by atoms with Gasteiger partial charge in [0.1, 0.15) is 5.75 Å². The van der Waals surface area contributed by atoms with Crippen molar-refractivity contribution < 1.29 is 26.7 Å². The second kappa shape index (κ2) is 6.16. The SMILES string of the molecule is O=C1/C(=C/c2ccc(OC(F)F)cc2)CS(=O)(=O)c2ccccc21. The number of carbonyl (C=O) groups is 1. The molecule has 0 spiro atoms. The van der Waals surface area contributed by atoms with Crippen LogP contribution in [-0.4, -0.2) is 26.6 Å². The molecule has 1 aliphatic heterocycles. The van der Waals surface area contributed by atoms with E-state index in [2.05, 4.69) is 4.74 Å². The Morgan fingerprint density at radius 2 is 1.71 bits per heavy atom. The Morgan fingerprint density at radius 1 is 1.04 bits per heavy atom. The van der Waals surface area contributed by atoms with Crippen LogP contribution in [0.4, 0.5) is 8.78 Å². The van der Waals surface area contributed by atoms with E-state index in [4.69, 9.17) is 0 Å². The highest BCUT2D eigenvalue weighted by atomic mass is 32.2. The van der Waals surface area contributed by atoms with E-state index in [1.54, 1.807) is 12.1 Å². The third-order valence-corrected chi connectivity index (χ3v) is 5.27. The fourth-order valence-electron chi connectivity index (χ4n) is 2.50. The van der Waals surface area contributed by atoms with Gasteiger partial charge in [-0.15, -0.1) is 0 Å². The minimum atomic E-state index is -3.58. The first-order valence-electron chi connectivity index (χ1n) is 6.99. The first-order chi connectivity index (χ1) is 11.4. The van der Waals surface area contributed by atoms with E-state index in [0.717, 1.165) is 0 Å². The molecule has 0 aromatic heterocycles. The Bertz CT molecular complexity index is 916. The zero-order valence-corrected chi connectivity index (χ0v) is 13.1. The molecular formula is C17H12F2O4S. The standard InChI is InChI=1S/C17H12F2O4S/c18-17(19)23-13-7-5-11(6-8-13)9-12-10-24(21,22)15-4-2-1-3-14(15)16(12)20/h1-9,17H,10H2/b12-9+. The summed E-state index contributed by atoms with van der Waals surface area (Å²) in [5.41, 5.74) is 0.804. The van der Waals surface area contributed by atoms with Crippen molar-refractivity contribution in [3.05, 3.63) is 65.2 Å². The normalized spacial score (nSPS) is 17.8. The average molecular weight is 350 g/mol. The molecule has 0 N–H and O–H groups in total. The Morgan fingerprint density at radius 3 is 2.38 bits per heavy atom. The van der Waals surface area contributed by atoms with Crippen LogP contribution in [0.1, 0.15) is 15.9 Å². The van der Waals surface area contributed by atoms with Crippen LogP contribution in [0, 0.1) is 0 Å². The molecule has 7 heteroatoms. The van der Waals surface area contributed by atoms with Crippen LogP contribution in [-0.2, 0) is 9.84 Å². The Balaban J connectivity index is 1.95. The van der Waals surface area contributed by atoms with Crippen LogP contribution in [0.3, 0.4) is 0 Å². The number of sulfone groups is 1. The lowest BCUT2D eigenvalue weighted by Crippen LogP contribution is -2.24. The minimum Gasteiger partial charge on any atom is -0.435 e. The largest absolute Gasteiger partial charge is 0.435 e. The van der Waals surface area contributed by atoms with Gasteiger partial charge in [0.15, 0.2) is 15.6 Å². The van der Waals surface area contributed by atoms with Gasteiger partial charge in [-0.2, -0.15) is 8.78 Å². The second-order valence-electron chi connectivity index (χ2n) is 5.20. The first kappa shape index (κ1) is 16.3. The number of fused-ring (bicyclic) bond motifs is 1. The third kappa shape index (κ3) is 3.21. The molecule has 4 nitrogen and oxygen atoms in total. The van der Waals surface area contributed by atoms with Gasteiger partial charge in [-0.1, -0.05) is 24.3 Å². The number of carbonyl (C=O) groups excluding carboxylic acids is 1. The summed E-state index contributed by atoms with van der Waals surface area (Å²) in [6.45, 7) is -2.92. The molecule has 2 aromatic carbocycles. The van der Waals surface area contributed by atoms with Crippen LogP contribution in [0.25, 0.3) is 6.08 Å². The zero-order chi connectivity index (χ0) is 17.3. The van der Waals surface area contributed by atoms with Crippen molar-refractivity contribution in [1.29, 1.82) is 0 Å². The van der Waals surface area contributed by atoms with Crippen molar-refractivity contribution >= 4 is 21.7 Å². The van der Waals surface area contributed by atoms with Crippen molar-refractivity contribution in [2.45, 2.75) is 11.5 Å². The first-order valence-corrected chi connectivity index (χ1v) is 8.64. The number of alkyl halides is 2. The van der Waals surface area contributed by atoms with Gasteiger partial charge in [0, 0.05) is 11.1 Å². The lowest BCUT2D eigenvalue weighted by Gasteiger charge is -2.17. The maximum Gasteiger partial charge on any atom is 0.387 e. The molecule has 0 aliphatic carbocycles. The number of ketones is 1. The Kier molecular flexibility index (Phi) is 4.19. The van der Waals surface area contributed by atoms with Crippen LogP contribution < -0.4 is 4.74 Å². The van der Waals surface area contributed by atoms with Gasteiger partial charge in [-0.05, 0) is 35.9 Å². The van der Waals surface area contributed by atoms with E-state index in [0.29, 0.717) is 5.56 Å². The van der Waals surface area contributed by atoms with Crippen molar-refractivity contribution in [3.63, 3.8) is 0 Å². The maximum absolute atomic E-state index is 12.5. The summed E-state index contributed by atoms with van der Waals surface area (Å²) >= 11 is 0. The van der Waals surface area contributed by atoms with Crippen LogP contribution >= 0.6 is 0 Å². The van der Waals surface area contributed by atoms with Gasteiger partial charge < -0.3 is 4.74 Å². The van der Waals surface area contributed by atoms with Crippen molar-refractivity contribution in [1.82, 2.24) is 0 Å². The fourth-order valence-corrected chi connectivity index (χ4v) is 4.06. The summed E-state index contributed by atoms with van der Waals surface area (Å²) in [5.74, 6) is -0.758. The molecule has 0 unspecified atom stereocenters. The molecule has 2 aromatic rings. The molecule has 1 heterocycles. The summed E-state index contributed by atoms with van der Waals surface area (Å²) in [6, 6.07) is 11.7. The van der Waals surface area contributed by atoms with Crippen molar-refractivity contribution in [2.24, 2.45) is 0 Å². The molecule has 0 fully saturated rings. The number of hydrogen-bond donors (Lipinski definition) is 0. The summed E-state index contributed by atoms with van der Waals surface area (Å²) < 4.78 is 53.1. The predicted molar refractivity (Wildman–Crippen MR) is 83.9 cm³/mol. The van der Waals surface area contributed by atoms with Gasteiger partial charge >= 0.3 is 6.61 Å². The minimum absolute atomic E-state index is 0.0138. The molecule has 0 saturated carbocycles. The number of halogens is 2. The second-order valence-corrected chi connectivity index (χ2v) is 7.16. The zero-order valence-electron chi connectivity index (χ0n) is 12.3. The molecule has 124 valence electrons. The third-order valence-electron chi connectivity index (χ3n) is 3.55. The summed E-state index contributed by atoms with van der Waals surface area (Å²) in [7, 11) is -3.58. The van der Waals surface area contributed by atoms with E-state index < -0.39 is 22.2 Å². The topological polar surface area (TPSA) is 60.4 Å². The molecule has 0 amide bonds. The van der Waals surface area contributed by atoms with E-state index in [9.17, 15) is 22.0 Å². The number of Topliss-reactive ketones (excluding diaryl/α,β-unsaturated/α-hetero) is 1. The quantitative estimate of drug-likeness (QED) is 0.797. The predicted octanol–water partition coefficient (Wildman–Crippen LogP) is 3.34. The number of ether oxygens (including phenoxy) is 1. The molecule has 0 atom stereocenters. The van der Waals surface area contributed by atoms with E-state index in [1.165, 1.54) is 42.5 Å². The van der Waals surface area contributed by atoms with Crippen LogP contribution in [0.5, 0.6) is 5.75 Å². The van der Waals surface area contributed by atoms with Gasteiger partial charge in [-0.3, -0.25) is 4.79 Å². The van der Waals surface area contributed by atoms with E-state index >= 15 is 0 Å². The molecular weight excluding hydrogens is 338 g/mol. The molecule has 24 heavy (non-hydrogen) atoms. The highest BCUT2D eigenvalue weighted by Crippen LogP contribution is 2.29. The average Bonchev–Trinajstić information content (AvgIpc) is 2.54. The fraction of sp³-hybridized carbons (Fsp3) is 0.118. The molecule has 3 rings (SSSR count). The lowest BCUT2D eigenvalue weighted by molar-refractivity contribution is -0.0498. The van der Waals surface area contributed by atoms with Crippen molar-refractivity contribution in [2.75, 3.05) is 5.75 Å².